The van der Waals surface area contributed by atoms with Crippen LogP contribution in [0.15, 0.2) is 36.5 Å². The van der Waals surface area contributed by atoms with Crippen molar-refractivity contribution in [2.45, 2.75) is 32.9 Å². The molecule has 1 saturated heterocycles. The summed E-state index contributed by atoms with van der Waals surface area (Å²) in [6, 6.07) is 10.5. The molecule has 23 heavy (non-hydrogen) atoms. The van der Waals surface area contributed by atoms with Crippen molar-refractivity contribution in [3.8, 4) is 0 Å². The fourth-order valence-electron chi connectivity index (χ4n) is 3.09. The molecule has 0 radical (unpaired) electrons. The molecule has 6 nitrogen and oxygen atoms in total. The van der Waals surface area contributed by atoms with Gasteiger partial charge in [-0.2, -0.15) is 0 Å². The van der Waals surface area contributed by atoms with Crippen molar-refractivity contribution >= 4 is 6.03 Å². The van der Waals surface area contributed by atoms with Gasteiger partial charge in [0.15, 0.2) is 0 Å². The van der Waals surface area contributed by atoms with Crippen LogP contribution in [0.1, 0.15) is 24.6 Å². The van der Waals surface area contributed by atoms with Gasteiger partial charge in [-0.15, -0.1) is 5.10 Å². The van der Waals surface area contributed by atoms with Gasteiger partial charge < -0.3 is 10.2 Å². The first-order valence-electron chi connectivity index (χ1n) is 8.20. The quantitative estimate of drug-likeness (QED) is 0.919. The molecule has 1 fully saturated rings. The minimum absolute atomic E-state index is 0.00409. The van der Waals surface area contributed by atoms with E-state index in [0.717, 1.165) is 38.2 Å². The Morgan fingerprint density at radius 1 is 1.35 bits per heavy atom. The third kappa shape index (κ3) is 3.88. The zero-order valence-corrected chi connectivity index (χ0v) is 13.5. The van der Waals surface area contributed by atoms with Gasteiger partial charge in [-0.1, -0.05) is 35.5 Å². The number of carbonyl (C=O) groups is 1. The van der Waals surface area contributed by atoms with E-state index in [1.807, 2.05) is 17.9 Å². The summed E-state index contributed by atoms with van der Waals surface area (Å²) in [4.78, 5) is 14.2. The number of nitrogens with zero attached hydrogens (tertiary/aromatic N) is 4. The van der Waals surface area contributed by atoms with Gasteiger partial charge in [0.1, 0.15) is 0 Å². The van der Waals surface area contributed by atoms with Crippen molar-refractivity contribution in [2.24, 2.45) is 5.92 Å². The van der Waals surface area contributed by atoms with E-state index in [-0.39, 0.29) is 6.03 Å². The van der Waals surface area contributed by atoms with E-state index in [4.69, 9.17) is 0 Å². The Balaban J connectivity index is 1.48. The molecule has 3 rings (SSSR count). The SMILES string of the molecule is CCn1nncc1CNC(=O)N1CCC(Cc2ccccc2)C1. The van der Waals surface area contributed by atoms with Crippen molar-refractivity contribution in [1.82, 2.24) is 25.2 Å². The first-order valence-corrected chi connectivity index (χ1v) is 8.20. The van der Waals surface area contributed by atoms with Crippen LogP contribution in [0.5, 0.6) is 0 Å². The van der Waals surface area contributed by atoms with Crippen LogP contribution in [0.4, 0.5) is 4.79 Å². The summed E-state index contributed by atoms with van der Waals surface area (Å²) in [5.74, 6) is 0.547. The molecule has 1 aromatic carbocycles. The highest BCUT2D eigenvalue weighted by Gasteiger charge is 2.26. The highest BCUT2D eigenvalue weighted by Crippen LogP contribution is 2.20. The lowest BCUT2D eigenvalue weighted by Gasteiger charge is -2.17. The molecule has 1 aromatic heterocycles. The highest BCUT2D eigenvalue weighted by molar-refractivity contribution is 5.74. The van der Waals surface area contributed by atoms with Crippen LogP contribution in [0, 0.1) is 5.92 Å². The number of benzene rings is 1. The molecule has 1 N–H and O–H groups in total. The molecule has 1 atom stereocenters. The van der Waals surface area contributed by atoms with Gasteiger partial charge in [0.25, 0.3) is 0 Å². The average Bonchev–Trinajstić information content (AvgIpc) is 3.22. The van der Waals surface area contributed by atoms with E-state index in [1.54, 1.807) is 10.9 Å². The van der Waals surface area contributed by atoms with Gasteiger partial charge in [0, 0.05) is 19.6 Å². The highest BCUT2D eigenvalue weighted by atomic mass is 16.2. The van der Waals surface area contributed by atoms with E-state index < -0.39 is 0 Å². The minimum Gasteiger partial charge on any atom is -0.332 e. The number of likely N-dealkylation sites (tertiary alicyclic amines) is 1. The normalized spacial score (nSPS) is 17.4. The number of aromatic nitrogens is 3. The summed E-state index contributed by atoms with van der Waals surface area (Å²) >= 11 is 0. The fraction of sp³-hybridized carbons (Fsp3) is 0.471. The van der Waals surface area contributed by atoms with Crippen molar-refractivity contribution in [3.05, 3.63) is 47.8 Å². The number of aryl methyl sites for hydroxylation is 1. The number of nitrogens with one attached hydrogen (secondary N) is 1. The smallest absolute Gasteiger partial charge is 0.317 e. The molecular formula is C17H23N5O. The van der Waals surface area contributed by atoms with Gasteiger partial charge in [-0.05, 0) is 31.2 Å². The summed E-state index contributed by atoms with van der Waals surface area (Å²) in [7, 11) is 0. The monoisotopic (exact) mass is 313 g/mol. The Hall–Kier alpha value is -2.37. The van der Waals surface area contributed by atoms with Crippen molar-refractivity contribution < 1.29 is 4.79 Å². The van der Waals surface area contributed by atoms with Crippen molar-refractivity contribution in [3.63, 3.8) is 0 Å². The third-order valence-electron chi connectivity index (χ3n) is 4.36. The number of rotatable bonds is 5. The largest absolute Gasteiger partial charge is 0.332 e. The molecule has 0 spiro atoms. The molecule has 0 bridgehead atoms. The van der Waals surface area contributed by atoms with Crippen molar-refractivity contribution in [1.29, 1.82) is 0 Å². The van der Waals surface area contributed by atoms with Crippen LogP contribution in [-0.2, 0) is 19.5 Å². The predicted molar refractivity (Wildman–Crippen MR) is 87.8 cm³/mol. The van der Waals surface area contributed by atoms with E-state index in [2.05, 4.69) is 39.9 Å². The van der Waals surface area contributed by atoms with E-state index in [1.165, 1.54) is 5.56 Å². The number of hydrogen-bond acceptors (Lipinski definition) is 3. The van der Waals surface area contributed by atoms with Crippen LogP contribution >= 0.6 is 0 Å². The maximum absolute atomic E-state index is 12.3. The average molecular weight is 313 g/mol. The van der Waals surface area contributed by atoms with Crippen LogP contribution in [0.2, 0.25) is 0 Å². The Kier molecular flexibility index (Phi) is 4.90. The molecule has 0 aliphatic carbocycles. The number of amides is 2. The topological polar surface area (TPSA) is 63.1 Å². The van der Waals surface area contributed by atoms with Gasteiger partial charge in [0.05, 0.1) is 18.4 Å². The van der Waals surface area contributed by atoms with E-state index in [9.17, 15) is 4.79 Å². The Labute approximate surface area is 136 Å². The number of carbonyl (C=O) groups excluding carboxylic acids is 1. The van der Waals surface area contributed by atoms with E-state index >= 15 is 0 Å². The summed E-state index contributed by atoms with van der Waals surface area (Å²) in [5, 5.41) is 10.8. The number of hydrogen-bond donors (Lipinski definition) is 1. The summed E-state index contributed by atoms with van der Waals surface area (Å²) in [5.41, 5.74) is 2.28. The first kappa shape index (κ1) is 15.5. The predicted octanol–water partition coefficient (Wildman–Crippen LogP) is 2.07. The maximum atomic E-state index is 12.3. The van der Waals surface area contributed by atoms with Crippen molar-refractivity contribution in [2.75, 3.05) is 13.1 Å². The molecule has 2 aromatic rings. The first-order chi connectivity index (χ1) is 11.3. The second kappa shape index (κ2) is 7.26. The lowest BCUT2D eigenvalue weighted by Crippen LogP contribution is -2.38. The summed E-state index contributed by atoms with van der Waals surface area (Å²) in [6.07, 6.45) is 3.81. The second-order valence-electron chi connectivity index (χ2n) is 5.99. The molecule has 0 saturated carbocycles. The molecule has 6 heteroatoms. The molecule has 122 valence electrons. The lowest BCUT2D eigenvalue weighted by molar-refractivity contribution is 0.206. The zero-order chi connectivity index (χ0) is 16.1. The Bertz CT molecular complexity index is 639. The molecule has 2 heterocycles. The molecule has 1 unspecified atom stereocenters. The maximum Gasteiger partial charge on any atom is 0.317 e. The van der Waals surface area contributed by atoms with E-state index in [0.29, 0.717) is 12.5 Å². The molecular weight excluding hydrogens is 290 g/mol. The van der Waals surface area contributed by atoms with Gasteiger partial charge in [-0.3, -0.25) is 0 Å². The Morgan fingerprint density at radius 3 is 2.96 bits per heavy atom. The standard InChI is InChI=1S/C17H23N5O/c1-2-22-16(12-19-20-22)11-18-17(23)21-9-8-15(13-21)10-14-6-4-3-5-7-14/h3-7,12,15H,2,8-11,13H2,1H3,(H,18,23). The Morgan fingerprint density at radius 2 is 2.17 bits per heavy atom. The molecule has 1 aliphatic rings. The molecule has 2 amide bonds. The third-order valence-corrected chi connectivity index (χ3v) is 4.36. The van der Waals surface area contributed by atoms with Gasteiger partial charge in [0.2, 0.25) is 0 Å². The van der Waals surface area contributed by atoms with Gasteiger partial charge >= 0.3 is 6.03 Å². The minimum atomic E-state index is 0.00409. The number of urea groups is 1. The van der Waals surface area contributed by atoms with Crippen LogP contribution in [0.3, 0.4) is 0 Å². The fourth-order valence-corrected chi connectivity index (χ4v) is 3.09. The lowest BCUT2D eigenvalue weighted by atomic mass is 9.99. The van der Waals surface area contributed by atoms with Gasteiger partial charge in [-0.25, -0.2) is 9.48 Å². The van der Waals surface area contributed by atoms with Crippen LogP contribution < -0.4 is 5.32 Å². The summed E-state index contributed by atoms with van der Waals surface area (Å²) in [6.45, 7) is 4.89. The zero-order valence-electron chi connectivity index (χ0n) is 13.5. The van der Waals surface area contributed by atoms with Crippen LogP contribution in [0.25, 0.3) is 0 Å². The summed E-state index contributed by atoms with van der Waals surface area (Å²) < 4.78 is 1.79. The second-order valence-corrected chi connectivity index (χ2v) is 5.99. The molecule has 1 aliphatic heterocycles. The van der Waals surface area contributed by atoms with Crippen LogP contribution in [-0.4, -0.2) is 39.0 Å².